The van der Waals surface area contributed by atoms with Crippen LogP contribution in [0.4, 0.5) is 5.69 Å². The summed E-state index contributed by atoms with van der Waals surface area (Å²) in [6.07, 6.45) is 0. The van der Waals surface area contributed by atoms with E-state index in [9.17, 15) is 18.5 Å². The van der Waals surface area contributed by atoms with E-state index in [0.29, 0.717) is 16.4 Å². The number of nitrogens with one attached hydrogen (secondary N) is 1. The van der Waals surface area contributed by atoms with Gasteiger partial charge < -0.3 is 4.52 Å². The zero-order valence-corrected chi connectivity index (χ0v) is 16.8. The molecule has 0 fully saturated rings. The molecule has 0 aliphatic heterocycles. The van der Waals surface area contributed by atoms with Crippen molar-refractivity contribution in [3.63, 3.8) is 0 Å². The van der Waals surface area contributed by atoms with Gasteiger partial charge in [-0.2, -0.15) is 0 Å². The molecule has 0 saturated carbocycles. The number of nitro benzene ring substituents is 1. The third kappa shape index (κ3) is 4.83. The Hall–Kier alpha value is -1.91. The molecule has 2 aromatic rings. The molecule has 0 unspecified atom stereocenters. The van der Waals surface area contributed by atoms with Gasteiger partial charge in [0.05, 0.1) is 20.4 Å². The zero-order chi connectivity index (χ0) is 19.7. The fourth-order valence-electron chi connectivity index (χ4n) is 2.25. The van der Waals surface area contributed by atoms with Crippen molar-refractivity contribution in [1.29, 1.82) is 0 Å². The molecule has 0 spiro atoms. The number of sulfonamides is 1. The number of nitro groups is 1. The Morgan fingerprint density at radius 3 is 2.46 bits per heavy atom. The number of nitrogens with zero attached hydrogens (tertiary/aromatic N) is 2. The summed E-state index contributed by atoms with van der Waals surface area (Å²) >= 11 is 1.24. The largest absolute Gasteiger partial charge is 0.361 e. The molecule has 0 bridgehead atoms. The van der Waals surface area contributed by atoms with Crippen LogP contribution < -0.4 is 4.72 Å². The SMILES string of the molecule is Cc1noc(C)c1CSc1ccc(S(=O)(=O)NC(C)(C)C)cc1[N+](=O)[O-]. The second-order valence-electron chi connectivity index (χ2n) is 6.83. The standard InChI is InChI=1S/C16H21N3O5S2/c1-10-13(11(2)24-17-10)9-25-15-7-6-12(8-14(15)19(20)21)26(22,23)18-16(3,4)5/h6-8,18H,9H2,1-5H3. The highest BCUT2D eigenvalue weighted by Crippen LogP contribution is 2.34. The fraction of sp³-hybridized carbons (Fsp3) is 0.438. The van der Waals surface area contributed by atoms with E-state index in [4.69, 9.17) is 4.52 Å². The van der Waals surface area contributed by atoms with E-state index < -0.39 is 20.5 Å². The van der Waals surface area contributed by atoms with Crippen LogP contribution in [0.3, 0.4) is 0 Å². The van der Waals surface area contributed by atoms with E-state index in [2.05, 4.69) is 9.88 Å². The number of rotatable bonds is 6. The Morgan fingerprint density at radius 1 is 1.31 bits per heavy atom. The monoisotopic (exact) mass is 399 g/mol. The van der Waals surface area contributed by atoms with Crippen molar-refractivity contribution in [2.75, 3.05) is 0 Å². The van der Waals surface area contributed by atoms with Crippen LogP contribution >= 0.6 is 11.8 Å². The second-order valence-corrected chi connectivity index (χ2v) is 9.53. The van der Waals surface area contributed by atoms with E-state index >= 15 is 0 Å². The number of thioether (sulfide) groups is 1. The molecule has 0 radical (unpaired) electrons. The smallest absolute Gasteiger partial charge is 0.284 e. The lowest BCUT2D eigenvalue weighted by Crippen LogP contribution is -2.40. The predicted octanol–water partition coefficient (Wildman–Crippen LogP) is 3.57. The minimum absolute atomic E-state index is 0.138. The highest BCUT2D eigenvalue weighted by Gasteiger charge is 2.25. The van der Waals surface area contributed by atoms with Gasteiger partial charge in [0.15, 0.2) is 0 Å². The highest BCUT2D eigenvalue weighted by molar-refractivity contribution is 7.98. The van der Waals surface area contributed by atoms with Gasteiger partial charge in [-0.3, -0.25) is 10.1 Å². The molecule has 2 rings (SSSR count). The molecule has 26 heavy (non-hydrogen) atoms. The maximum atomic E-state index is 12.4. The van der Waals surface area contributed by atoms with Crippen LogP contribution in [0.1, 0.15) is 37.8 Å². The summed E-state index contributed by atoms with van der Waals surface area (Å²) in [6, 6.07) is 3.92. The molecule has 1 heterocycles. The van der Waals surface area contributed by atoms with Gasteiger partial charge in [-0.1, -0.05) is 5.16 Å². The molecule has 0 aliphatic carbocycles. The van der Waals surface area contributed by atoms with Crippen LogP contribution in [-0.4, -0.2) is 24.0 Å². The Kier molecular flexibility index (Phi) is 5.79. The second kappa shape index (κ2) is 7.37. The molecular formula is C16H21N3O5S2. The summed E-state index contributed by atoms with van der Waals surface area (Å²) in [5, 5.41) is 15.3. The van der Waals surface area contributed by atoms with Crippen LogP contribution in [0.25, 0.3) is 0 Å². The maximum Gasteiger partial charge on any atom is 0.284 e. The van der Waals surface area contributed by atoms with Gasteiger partial charge in [0, 0.05) is 22.9 Å². The summed E-state index contributed by atoms with van der Waals surface area (Å²) < 4.78 is 32.4. The van der Waals surface area contributed by atoms with E-state index in [1.165, 1.54) is 23.9 Å². The van der Waals surface area contributed by atoms with Crippen molar-refractivity contribution < 1.29 is 17.9 Å². The number of aromatic nitrogens is 1. The molecule has 142 valence electrons. The number of aryl methyl sites for hydroxylation is 2. The summed E-state index contributed by atoms with van der Waals surface area (Å²) in [6.45, 7) is 8.68. The molecule has 0 aliphatic rings. The average Bonchev–Trinajstić information content (AvgIpc) is 2.81. The van der Waals surface area contributed by atoms with Crippen LogP contribution in [0.5, 0.6) is 0 Å². The fourth-order valence-corrected chi connectivity index (χ4v) is 4.84. The van der Waals surface area contributed by atoms with Gasteiger partial charge in [-0.15, -0.1) is 11.8 Å². The molecule has 0 saturated heterocycles. The van der Waals surface area contributed by atoms with Crippen molar-refractivity contribution in [3.05, 3.63) is 45.3 Å². The van der Waals surface area contributed by atoms with Gasteiger partial charge in [0.25, 0.3) is 5.69 Å². The van der Waals surface area contributed by atoms with Gasteiger partial charge in [-0.25, -0.2) is 13.1 Å². The molecule has 1 aromatic carbocycles. The topological polar surface area (TPSA) is 115 Å². The van der Waals surface area contributed by atoms with E-state index in [0.717, 1.165) is 17.3 Å². The predicted molar refractivity (Wildman–Crippen MR) is 98.7 cm³/mol. The van der Waals surface area contributed by atoms with Gasteiger partial charge in [0.2, 0.25) is 10.0 Å². The van der Waals surface area contributed by atoms with Crippen molar-refractivity contribution in [2.24, 2.45) is 0 Å². The van der Waals surface area contributed by atoms with Crippen molar-refractivity contribution >= 4 is 27.5 Å². The lowest BCUT2D eigenvalue weighted by atomic mass is 10.1. The minimum Gasteiger partial charge on any atom is -0.361 e. The summed E-state index contributed by atoms with van der Waals surface area (Å²) in [5.74, 6) is 1.10. The van der Waals surface area contributed by atoms with Crippen LogP contribution in [-0.2, 0) is 15.8 Å². The molecule has 8 nitrogen and oxygen atoms in total. The van der Waals surface area contributed by atoms with E-state index in [-0.39, 0.29) is 10.6 Å². The Bertz CT molecular complexity index is 910. The summed E-state index contributed by atoms with van der Waals surface area (Å²) in [4.78, 5) is 11.1. The first kappa shape index (κ1) is 20.4. The quantitative estimate of drug-likeness (QED) is 0.448. The summed E-state index contributed by atoms with van der Waals surface area (Å²) in [7, 11) is -3.85. The van der Waals surface area contributed by atoms with E-state index in [1.807, 2.05) is 0 Å². The van der Waals surface area contributed by atoms with Gasteiger partial charge >= 0.3 is 0 Å². The first-order valence-electron chi connectivity index (χ1n) is 7.78. The molecular weight excluding hydrogens is 378 g/mol. The number of hydrogen-bond acceptors (Lipinski definition) is 7. The molecule has 0 amide bonds. The van der Waals surface area contributed by atoms with Gasteiger partial charge in [-0.05, 0) is 46.8 Å². The zero-order valence-electron chi connectivity index (χ0n) is 15.2. The van der Waals surface area contributed by atoms with Crippen LogP contribution in [0, 0.1) is 24.0 Å². The number of benzene rings is 1. The molecule has 10 heteroatoms. The van der Waals surface area contributed by atoms with Crippen molar-refractivity contribution in [3.8, 4) is 0 Å². The van der Waals surface area contributed by atoms with Gasteiger partial charge in [0.1, 0.15) is 5.76 Å². The normalized spacial score (nSPS) is 12.3. The first-order valence-corrected chi connectivity index (χ1v) is 10.2. The Balaban J connectivity index is 2.33. The third-order valence-electron chi connectivity index (χ3n) is 3.43. The molecule has 1 N–H and O–H groups in total. The molecule has 1 aromatic heterocycles. The number of hydrogen-bond donors (Lipinski definition) is 1. The highest BCUT2D eigenvalue weighted by atomic mass is 32.2. The summed E-state index contributed by atoms with van der Waals surface area (Å²) in [5.41, 5.74) is 0.657. The lowest BCUT2D eigenvalue weighted by molar-refractivity contribution is -0.388. The van der Waals surface area contributed by atoms with Crippen LogP contribution in [0.2, 0.25) is 0 Å². The Morgan fingerprint density at radius 2 is 1.96 bits per heavy atom. The lowest BCUT2D eigenvalue weighted by Gasteiger charge is -2.20. The van der Waals surface area contributed by atoms with Crippen molar-refractivity contribution in [2.45, 2.75) is 55.7 Å². The Labute approximate surface area is 156 Å². The molecule has 0 atom stereocenters. The van der Waals surface area contributed by atoms with E-state index in [1.54, 1.807) is 34.6 Å². The third-order valence-corrected chi connectivity index (χ3v) is 6.28. The maximum absolute atomic E-state index is 12.4. The van der Waals surface area contributed by atoms with Crippen molar-refractivity contribution in [1.82, 2.24) is 9.88 Å². The average molecular weight is 399 g/mol. The first-order chi connectivity index (χ1) is 11.9. The van der Waals surface area contributed by atoms with Crippen LogP contribution in [0.15, 0.2) is 32.5 Å². The minimum atomic E-state index is -3.85.